The molecule has 4 heterocycles. The Kier molecular flexibility index (Phi) is 5.17. The minimum atomic E-state index is -0.379. The van der Waals surface area contributed by atoms with E-state index in [1.54, 1.807) is 30.8 Å². The number of pyridine rings is 1. The van der Waals surface area contributed by atoms with Gasteiger partial charge in [-0.25, -0.2) is 4.52 Å². The van der Waals surface area contributed by atoms with Crippen molar-refractivity contribution in [3.8, 4) is 0 Å². The van der Waals surface area contributed by atoms with Gasteiger partial charge in [0.1, 0.15) is 17.0 Å². The van der Waals surface area contributed by atoms with E-state index in [0.29, 0.717) is 17.8 Å². The summed E-state index contributed by atoms with van der Waals surface area (Å²) in [6.45, 7) is 5.59. The minimum Gasteiger partial charge on any atom is -0.355 e. The number of fused-ring (bicyclic) bond motifs is 1. The largest absolute Gasteiger partial charge is 0.355 e. The lowest BCUT2D eigenvalue weighted by Crippen LogP contribution is -2.47. The first-order valence-corrected chi connectivity index (χ1v) is 9.85. The summed E-state index contributed by atoms with van der Waals surface area (Å²) in [6.07, 6.45) is 1.73. The molecule has 0 bridgehead atoms. The summed E-state index contributed by atoms with van der Waals surface area (Å²) in [7, 11) is 3.20. The van der Waals surface area contributed by atoms with Crippen LogP contribution in [0.15, 0.2) is 34.0 Å². The number of hydrogen-bond acceptors (Lipinski definition) is 6. The molecule has 1 saturated heterocycles. The van der Waals surface area contributed by atoms with Crippen molar-refractivity contribution in [3.63, 3.8) is 0 Å². The molecule has 1 aliphatic heterocycles. The third kappa shape index (κ3) is 3.61. The van der Waals surface area contributed by atoms with Gasteiger partial charge >= 0.3 is 0 Å². The fraction of sp³-hybridized carbons (Fsp3) is 0.400. The maximum atomic E-state index is 12.5. The lowest BCUT2D eigenvalue weighted by atomic mass is 10.2. The Labute approximate surface area is 172 Å². The minimum absolute atomic E-state index is 0.101. The second kappa shape index (κ2) is 7.79. The van der Waals surface area contributed by atoms with Crippen molar-refractivity contribution in [3.05, 3.63) is 61.9 Å². The van der Waals surface area contributed by atoms with Crippen LogP contribution >= 0.6 is 0 Å². The summed E-state index contributed by atoms with van der Waals surface area (Å²) in [4.78, 5) is 43.4. The molecule has 10 nitrogen and oxygen atoms in total. The number of nitrogens with zero attached hydrogens (tertiary/aromatic N) is 5. The highest BCUT2D eigenvalue weighted by Crippen LogP contribution is 2.16. The van der Waals surface area contributed by atoms with Crippen molar-refractivity contribution in [2.24, 2.45) is 7.05 Å². The molecule has 1 aliphatic rings. The van der Waals surface area contributed by atoms with E-state index in [0.717, 1.165) is 37.7 Å². The predicted molar refractivity (Wildman–Crippen MR) is 113 cm³/mol. The Balaban J connectivity index is 1.44. The van der Waals surface area contributed by atoms with Crippen LogP contribution in [0.2, 0.25) is 0 Å². The number of amides is 1. The zero-order valence-electron chi connectivity index (χ0n) is 17.3. The highest BCUT2D eigenvalue weighted by Gasteiger charge is 2.21. The van der Waals surface area contributed by atoms with Crippen molar-refractivity contribution in [2.75, 3.05) is 38.1 Å². The predicted octanol–water partition coefficient (Wildman–Crippen LogP) is -0.288. The van der Waals surface area contributed by atoms with E-state index in [1.807, 2.05) is 12.1 Å². The third-order valence-electron chi connectivity index (χ3n) is 5.53. The van der Waals surface area contributed by atoms with Crippen LogP contribution in [0.25, 0.3) is 5.65 Å². The lowest BCUT2D eigenvalue weighted by molar-refractivity contribution is 0.0961. The summed E-state index contributed by atoms with van der Waals surface area (Å²) in [6, 6.07) is 5.30. The molecule has 3 aromatic heterocycles. The number of H-pyrrole nitrogens is 1. The highest BCUT2D eigenvalue weighted by molar-refractivity contribution is 5.93. The first-order valence-electron chi connectivity index (χ1n) is 9.85. The summed E-state index contributed by atoms with van der Waals surface area (Å²) < 4.78 is 3.23. The number of carbonyl (C=O) groups excluding carboxylic acids is 1. The van der Waals surface area contributed by atoms with E-state index in [2.05, 4.69) is 25.2 Å². The van der Waals surface area contributed by atoms with Crippen LogP contribution < -0.4 is 21.3 Å². The molecular formula is C20H25N7O3. The molecule has 0 radical (unpaired) electrons. The number of carbonyl (C=O) groups is 1. The molecule has 30 heavy (non-hydrogen) atoms. The fourth-order valence-electron chi connectivity index (χ4n) is 3.79. The van der Waals surface area contributed by atoms with Gasteiger partial charge in [0.25, 0.3) is 17.0 Å². The van der Waals surface area contributed by atoms with E-state index >= 15 is 0 Å². The number of piperazine rings is 1. The molecule has 2 N–H and O–H groups in total. The van der Waals surface area contributed by atoms with Crippen molar-refractivity contribution >= 4 is 17.4 Å². The first-order chi connectivity index (χ1) is 14.4. The van der Waals surface area contributed by atoms with Crippen molar-refractivity contribution < 1.29 is 4.79 Å². The van der Waals surface area contributed by atoms with Gasteiger partial charge in [0.15, 0.2) is 0 Å². The number of nitrogens with one attached hydrogen (secondary N) is 2. The number of aryl methyl sites for hydroxylation is 1. The Morgan fingerprint density at radius 1 is 1.20 bits per heavy atom. The van der Waals surface area contributed by atoms with Gasteiger partial charge in [-0.15, -0.1) is 0 Å². The Hall–Kier alpha value is -3.40. The number of aromatic nitrogens is 4. The van der Waals surface area contributed by atoms with Crippen LogP contribution in [0.3, 0.4) is 0 Å². The molecule has 0 saturated carbocycles. The maximum absolute atomic E-state index is 12.5. The standard InChI is InChI=1S/C20H25N7O3/c1-13-11-27-16(22-18(13)28)10-14(23-27)12-25-6-8-26(9-7-25)17-5-4-15(19(29)21-2)20(30)24(17)3/h4-5,10-11H,6-9,12H2,1-3H3,(H,21,29)(H,22,28). The second-order valence-electron chi connectivity index (χ2n) is 7.54. The van der Waals surface area contributed by atoms with Crippen molar-refractivity contribution in [2.45, 2.75) is 13.5 Å². The van der Waals surface area contributed by atoms with Crippen LogP contribution in [0.4, 0.5) is 5.82 Å². The number of anilines is 1. The zero-order chi connectivity index (χ0) is 21.4. The molecule has 0 atom stereocenters. The average molecular weight is 411 g/mol. The zero-order valence-corrected chi connectivity index (χ0v) is 17.3. The second-order valence-corrected chi connectivity index (χ2v) is 7.54. The molecule has 0 spiro atoms. The van der Waals surface area contributed by atoms with E-state index in [9.17, 15) is 14.4 Å². The third-order valence-corrected chi connectivity index (χ3v) is 5.53. The quantitative estimate of drug-likeness (QED) is 0.611. The Bertz CT molecular complexity index is 1220. The molecule has 1 amide bonds. The summed E-state index contributed by atoms with van der Waals surface area (Å²) >= 11 is 0. The molecule has 0 aromatic carbocycles. The van der Waals surface area contributed by atoms with Crippen LogP contribution in [0.5, 0.6) is 0 Å². The van der Waals surface area contributed by atoms with Crippen LogP contribution in [-0.2, 0) is 13.6 Å². The topological polar surface area (TPSA) is 108 Å². The normalized spacial score (nSPS) is 15.0. The summed E-state index contributed by atoms with van der Waals surface area (Å²) in [5.74, 6) is 0.420. The molecule has 3 aromatic rings. The molecule has 4 rings (SSSR count). The lowest BCUT2D eigenvalue weighted by Gasteiger charge is -2.36. The smallest absolute Gasteiger partial charge is 0.264 e. The van der Waals surface area contributed by atoms with E-state index in [-0.39, 0.29) is 22.6 Å². The number of rotatable bonds is 4. The van der Waals surface area contributed by atoms with Gasteiger partial charge in [-0.3, -0.25) is 23.9 Å². The molecular weight excluding hydrogens is 386 g/mol. The molecule has 0 unspecified atom stereocenters. The van der Waals surface area contributed by atoms with Crippen molar-refractivity contribution in [1.29, 1.82) is 0 Å². The van der Waals surface area contributed by atoms with E-state index < -0.39 is 0 Å². The first kappa shape index (κ1) is 19.9. The monoisotopic (exact) mass is 411 g/mol. The van der Waals surface area contributed by atoms with E-state index in [4.69, 9.17) is 0 Å². The highest BCUT2D eigenvalue weighted by atomic mass is 16.2. The van der Waals surface area contributed by atoms with E-state index in [1.165, 1.54) is 11.6 Å². The van der Waals surface area contributed by atoms with Crippen LogP contribution in [-0.4, -0.2) is 63.2 Å². The van der Waals surface area contributed by atoms with Crippen LogP contribution in [0, 0.1) is 6.92 Å². The maximum Gasteiger partial charge on any atom is 0.264 e. The average Bonchev–Trinajstić information content (AvgIpc) is 3.11. The molecule has 10 heteroatoms. The SMILES string of the molecule is CNC(=O)c1ccc(N2CCN(Cc3cc4[nH]c(=O)c(C)cn4n3)CC2)n(C)c1=O. The van der Waals surface area contributed by atoms with Gasteiger partial charge in [-0.05, 0) is 19.1 Å². The number of hydrogen-bond donors (Lipinski definition) is 2. The van der Waals surface area contributed by atoms with Gasteiger partial charge in [0.2, 0.25) is 0 Å². The van der Waals surface area contributed by atoms with Crippen molar-refractivity contribution in [1.82, 2.24) is 29.4 Å². The van der Waals surface area contributed by atoms with Gasteiger partial charge in [0.05, 0.1) is 5.69 Å². The molecule has 1 fully saturated rings. The van der Waals surface area contributed by atoms with Crippen LogP contribution in [0.1, 0.15) is 21.6 Å². The fourth-order valence-corrected chi connectivity index (χ4v) is 3.79. The van der Waals surface area contributed by atoms with Gasteiger partial charge in [-0.2, -0.15) is 5.10 Å². The van der Waals surface area contributed by atoms with Gasteiger partial charge < -0.3 is 15.2 Å². The summed E-state index contributed by atoms with van der Waals surface area (Å²) in [5, 5.41) is 7.05. The summed E-state index contributed by atoms with van der Waals surface area (Å²) in [5.41, 5.74) is 1.94. The molecule has 0 aliphatic carbocycles. The van der Waals surface area contributed by atoms with Gasteiger partial charge in [-0.1, -0.05) is 0 Å². The number of aromatic amines is 1. The Morgan fingerprint density at radius 3 is 2.63 bits per heavy atom. The van der Waals surface area contributed by atoms with Gasteiger partial charge in [0, 0.05) is 64.6 Å². The molecule has 158 valence electrons. The Morgan fingerprint density at radius 2 is 1.93 bits per heavy atom.